The molecule has 0 aliphatic carbocycles. The zero-order valence-corrected chi connectivity index (χ0v) is 18.8. The number of nitrogens with zero attached hydrogens (tertiary/aromatic N) is 2. The van der Waals surface area contributed by atoms with Crippen LogP contribution in [0.4, 0.5) is 0 Å². The SMILES string of the molecule is COCOc1cc(CN(C(C)C)S(=O)(=O)c2ccccn2)cc2c1OC(C)(C)C=C2. The van der Waals surface area contributed by atoms with E-state index in [1.165, 1.54) is 16.6 Å². The van der Waals surface area contributed by atoms with E-state index >= 15 is 0 Å². The van der Waals surface area contributed by atoms with Crippen molar-refractivity contribution < 1.29 is 22.6 Å². The smallest absolute Gasteiger partial charge is 0.261 e. The first-order chi connectivity index (χ1) is 14.1. The second-order valence-electron chi connectivity index (χ2n) is 7.91. The van der Waals surface area contributed by atoms with Gasteiger partial charge in [-0.15, -0.1) is 0 Å². The molecule has 3 rings (SSSR count). The minimum absolute atomic E-state index is 0.0255. The van der Waals surface area contributed by atoms with Gasteiger partial charge in [-0.2, -0.15) is 4.31 Å². The fourth-order valence-corrected chi connectivity index (χ4v) is 4.73. The molecule has 7 nitrogen and oxygen atoms in total. The van der Waals surface area contributed by atoms with Gasteiger partial charge in [-0.25, -0.2) is 13.4 Å². The maximum absolute atomic E-state index is 13.2. The maximum atomic E-state index is 13.2. The highest BCUT2D eigenvalue weighted by atomic mass is 32.2. The van der Waals surface area contributed by atoms with E-state index in [1.54, 1.807) is 25.3 Å². The highest BCUT2D eigenvalue weighted by Crippen LogP contribution is 2.40. The lowest BCUT2D eigenvalue weighted by molar-refractivity contribution is 0.0453. The van der Waals surface area contributed by atoms with E-state index in [4.69, 9.17) is 14.2 Å². The lowest BCUT2D eigenvalue weighted by atomic mass is 10.00. The number of aromatic nitrogens is 1. The van der Waals surface area contributed by atoms with E-state index in [2.05, 4.69) is 4.98 Å². The van der Waals surface area contributed by atoms with E-state index in [-0.39, 0.29) is 24.4 Å². The Morgan fingerprint density at radius 2 is 2.00 bits per heavy atom. The largest absolute Gasteiger partial charge is 0.479 e. The number of rotatable bonds is 8. The first-order valence-electron chi connectivity index (χ1n) is 9.74. The Bertz CT molecular complexity index is 1020. The quantitative estimate of drug-likeness (QED) is 0.590. The summed E-state index contributed by atoms with van der Waals surface area (Å²) in [6.45, 7) is 7.83. The molecule has 2 aromatic rings. The van der Waals surface area contributed by atoms with Gasteiger partial charge in [0.15, 0.2) is 23.3 Å². The first-order valence-corrected chi connectivity index (χ1v) is 11.2. The fourth-order valence-electron chi connectivity index (χ4n) is 3.17. The zero-order valence-electron chi connectivity index (χ0n) is 18.0. The van der Waals surface area contributed by atoms with E-state index in [1.807, 2.05) is 45.9 Å². The molecule has 0 fully saturated rings. The summed E-state index contributed by atoms with van der Waals surface area (Å²) in [5.41, 5.74) is 1.14. The van der Waals surface area contributed by atoms with E-state index < -0.39 is 15.6 Å². The zero-order chi connectivity index (χ0) is 21.9. The monoisotopic (exact) mass is 432 g/mol. The van der Waals surface area contributed by atoms with Crippen LogP contribution in [0.25, 0.3) is 6.08 Å². The molecule has 30 heavy (non-hydrogen) atoms. The summed E-state index contributed by atoms with van der Waals surface area (Å²) in [5, 5.41) is 0.0255. The normalized spacial score (nSPS) is 15.2. The summed E-state index contributed by atoms with van der Waals surface area (Å²) in [5.74, 6) is 1.13. The van der Waals surface area contributed by atoms with Gasteiger partial charge in [0.25, 0.3) is 10.0 Å². The van der Waals surface area contributed by atoms with E-state index in [0.717, 1.165) is 11.1 Å². The Balaban J connectivity index is 2.00. The van der Waals surface area contributed by atoms with Crippen LogP contribution in [0.2, 0.25) is 0 Å². The highest BCUT2D eigenvalue weighted by Gasteiger charge is 2.30. The first kappa shape index (κ1) is 22.3. The standard InChI is InChI=1S/C22H28N2O5S/c1-16(2)24(30(25,26)20-8-6-7-11-23-20)14-17-12-18-9-10-22(3,4)29-21(18)19(13-17)28-15-27-5/h6-13,16H,14-15H2,1-5H3. The molecule has 1 aromatic carbocycles. The molecule has 1 aromatic heterocycles. The predicted octanol–water partition coefficient (Wildman–Crippen LogP) is 3.85. The number of sulfonamides is 1. The summed E-state index contributed by atoms with van der Waals surface area (Å²) >= 11 is 0. The van der Waals surface area contributed by atoms with Crippen LogP contribution in [0.3, 0.4) is 0 Å². The van der Waals surface area contributed by atoms with Crippen molar-refractivity contribution in [3.8, 4) is 11.5 Å². The van der Waals surface area contributed by atoms with Crippen molar-refractivity contribution in [3.05, 3.63) is 53.7 Å². The number of hydrogen-bond acceptors (Lipinski definition) is 6. The third-order valence-corrected chi connectivity index (χ3v) is 6.57. The van der Waals surface area contributed by atoms with Crippen LogP contribution in [-0.4, -0.2) is 43.3 Å². The topological polar surface area (TPSA) is 78.0 Å². The Morgan fingerprint density at radius 3 is 2.63 bits per heavy atom. The Kier molecular flexibility index (Phi) is 6.50. The maximum Gasteiger partial charge on any atom is 0.261 e. The molecule has 2 heterocycles. The third-order valence-electron chi connectivity index (χ3n) is 4.63. The van der Waals surface area contributed by atoms with Crippen molar-refractivity contribution in [1.82, 2.24) is 9.29 Å². The molecule has 8 heteroatoms. The van der Waals surface area contributed by atoms with Crippen LogP contribution < -0.4 is 9.47 Å². The van der Waals surface area contributed by atoms with Gasteiger partial charge in [-0.05, 0) is 63.6 Å². The van der Waals surface area contributed by atoms with Crippen LogP contribution in [0.1, 0.15) is 38.8 Å². The van der Waals surface area contributed by atoms with Gasteiger partial charge in [0, 0.05) is 31.5 Å². The summed E-state index contributed by atoms with van der Waals surface area (Å²) in [4.78, 5) is 4.04. The van der Waals surface area contributed by atoms with Crippen LogP contribution in [-0.2, 0) is 21.3 Å². The molecule has 0 unspecified atom stereocenters. The van der Waals surface area contributed by atoms with Crippen LogP contribution in [0, 0.1) is 0 Å². The van der Waals surface area contributed by atoms with Crippen molar-refractivity contribution in [2.75, 3.05) is 13.9 Å². The molecule has 1 aliphatic heterocycles. The molecule has 1 aliphatic rings. The average molecular weight is 433 g/mol. The second kappa shape index (κ2) is 8.75. The third kappa shape index (κ3) is 4.83. The fraction of sp³-hybridized carbons (Fsp3) is 0.409. The number of ether oxygens (including phenoxy) is 3. The molecule has 0 radical (unpaired) electrons. The van der Waals surface area contributed by atoms with Gasteiger partial charge < -0.3 is 14.2 Å². The van der Waals surface area contributed by atoms with E-state index in [0.29, 0.717) is 11.5 Å². The molecule has 0 bridgehead atoms. The van der Waals surface area contributed by atoms with Crippen molar-refractivity contribution in [2.24, 2.45) is 0 Å². The molecule has 0 atom stereocenters. The Hall–Kier alpha value is -2.42. The lowest BCUT2D eigenvalue weighted by Gasteiger charge is -2.30. The Morgan fingerprint density at radius 1 is 1.23 bits per heavy atom. The second-order valence-corrected chi connectivity index (χ2v) is 9.75. The van der Waals surface area contributed by atoms with Gasteiger partial charge >= 0.3 is 0 Å². The predicted molar refractivity (Wildman–Crippen MR) is 115 cm³/mol. The van der Waals surface area contributed by atoms with Crippen molar-refractivity contribution in [2.45, 2.75) is 50.9 Å². The number of fused-ring (bicyclic) bond motifs is 1. The molecule has 0 spiro atoms. The summed E-state index contributed by atoms with van der Waals surface area (Å²) in [6, 6.07) is 8.32. The van der Waals surface area contributed by atoms with Gasteiger partial charge in [0.1, 0.15) is 5.60 Å². The van der Waals surface area contributed by atoms with Gasteiger partial charge in [0.2, 0.25) is 0 Å². The van der Waals surface area contributed by atoms with Crippen LogP contribution in [0.5, 0.6) is 11.5 Å². The van der Waals surface area contributed by atoms with E-state index in [9.17, 15) is 8.42 Å². The van der Waals surface area contributed by atoms with Crippen molar-refractivity contribution >= 4 is 16.1 Å². The number of methoxy groups -OCH3 is 1. The molecule has 162 valence electrons. The Labute approximate surface area is 178 Å². The van der Waals surface area contributed by atoms with Crippen LogP contribution in [0.15, 0.2) is 47.6 Å². The highest BCUT2D eigenvalue weighted by molar-refractivity contribution is 7.89. The molecule has 0 saturated heterocycles. The summed E-state index contributed by atoms with van der Waals surface area (Å²) in [6.07, 6.45) is 5.41. The average Bonchev–Trinajstić information content (AvgIpc) is 2.70. The number of pyridine rings is 1. The van der Waals surface area contributed by atoms with Gasteiger partial charge in [-0.3, -0.25) is 0 Å². The van der Waals surface area contributed by atoms with Crippen LogP contribution >= 0.6 is 0 Å². The molecule has 0 saturated carbocycles. The summed E-state index contributed by atoms with van der Waals surface area (Å²) < 4.78 is 44.7. The van der Waals surface area contributed by atoms with Gasteiger partial charge in [0.05, 0.1) is 0 Å². The summed E-state index contributed by atoms with van der Waals surface area (Å²) in [7, 11) is -2.22. The molecule has 0 amide bonds. The van der Waals surface area contributed by atoms with Crippen molar-refractivity contribution in [1.29, 1.82) is 0 Å². The molecule has 0 N–H and O–H groups in total. The molecular formula is C22H28N2O5S. The number of benzene rings is 1. The minimum Gasteiger partial charge on any atom is -0.479 e. The number of hydrogen-bond donors (Lipinski definition) is 0. The molecular weight excluding hydrogens is 404 g/mol. The van der Waals surface area contributed by atoms with Crippen molar-refractivity contribution in [3.63, 3.8) is 0 Å². The minimum atomic E-state index is -3.76. The van der Waals surface area contributed by atoms with Gasteiger partial charge in [-0.1, -0.05) is 12.1 Å². The lowest BCUT2D eigenvalue weighted by Crippen LogP contribution is -2.37.